The van der Waals surface area contributed by atoms with Gasteiger partial charge in [0.05, 0.1) is 12.0 Å². The molecule has 5 heteroatoms. The van der Waals surface area contributed by atoms with Crippen molar-refractivity contribution < 1.29 is 14.7 Å². The third-order valence-corrected chi connectivity index (χ3v) is 2.71. The average molecular weight is 214 g/mol. The van der Waals surface area contributed by atoms with Crippen LogP contribution in [0.25, 0.3) is 0 Å². The zero-order valence-corrected chi connectivity index (χ0v) is 8.95. The number of hydrogen-bond donors (Lipinski definition) is 3. The molecule has 4 N–H and O–H groups in total. The topological polar surface area (TPSA) is 92.4 Å². The van der Waals surface area contributed by atoms with Gasteiger partial charge in [-0.15, -0.1) is 0 Å². The van der Waals surface area contributed by atoms with Gasteiger partial charge >= 0.3 is 5.97 Å². The second-order valence-electron chi connectivity index (χ2n) is 4.43. The van der Waals surface area contributed by atoms with Crippen molar-refractivity contribution in [1.82, 2.24) is 5.32 Å². The van der Waals surface area contributed by atoms with E-state index in [2.05, 4.69) is 5.32 Å². The van der Waals surface area contributed by atoms with Gasteiger partial charge in [-0.3, -0.25) is 9.59 Å². The average Bonchev–Trinajstić information content (AvgIpc) is 1.97. The van der Waals surface area contributed by atoms with E-state index < -0.39 is 11.5 Å². The smallest absolute Gasteiger partial charge is 0.305 e. The van der Waals surface area contributed by atoms with Crippen molar-refractivity contribution in [3.05, 3.63) is 0 Å². The summed E-state index contributed by atoms with van der Waals surface area (Å²) in [6, 6.07) is -0.188. The molecule has 15 heavy (non-hydrogen) atoms. The maximum atomic E-state index is 11.5. The Bertz CT molecular complexity index is 259. The Morgan fingerprint density at radius 3 is 2.47 bits per heavy atom. The first kappa shape index (κ1) is 12.0. The molecule has 0 radical (unpaired) electrons. The van der Waals surface area contributed by atoms with E-state index in [0.29, 0.717) is 0 Å². The second-order valence-corrected chi connectivity index (χ2v) is 4.43. The van der Waals surface area contributed by atoms with Crippen LogP contribution in [0.1, 0.15) is 39.0 Å². The van der Waals surface area contributed by atoms with Crippen molar-refractivity contribution >= 4 is 11.9 Å². The lowest BCUT2D eigenvalue weighted by atomic mass is 9.74. The van der Waals surface area contributed by atoms with Crippen LogP contribution in [0.4, 0.5) is 0 Å². The van der Waals surface area contributed by atoms with Crippen molar-refractivity contribution in [3.63, 3.8) is 0 Å². The number of aliphatic carboxylic acids is 1. The fourth-order valence-corrected chi connectivity index (χ4v) is 1.88. The Morgan fingerprint density at radius 1 is 1.53 bits per heavy atom. The number of rotatable bonds is 5. The lowest BCUT2D eigenvalue weighted by Crippen LogP contribution is -2.55. The molecule has 5 nitrogen and oxygen atoms in total. The highest BCUT2D eigenvalue weighted by Crippen LogP contribution is 2.34. The third-order valence-electron chi connectivity index (χ3n) is 2.71. The summed E-state index contributed by atoms with van der Waals surface area (Å²) in [5.41, 5.74) is 4.99. The molecule has 1 atom stereocenters. The van der Waals surface area contributed by atoms with Gasteiger partial charge in [-0.2, -0.15) is 0 Å². The lowest BCUT2D eigenvalue weighted by Gasteiger charge is -2.41. The Balaban J connectivity index is 2.46. The lowest BCUT2D eigenvalue weighted by molar-refractivity contribution is -0.140. The molecule has 1 unspecified atom stereocenters. The third kappa shape index (κ3) is 3.51. The van der Waals surface area contributed by atoms with Crippen LogP contribution in [0.15, 0.2) is 0 Å². The van der Waals surface area contributed by atoms with Crippen molar-refractivity contribution in [3.8, 4) is 0 Å². The van der Waals surface area contributed by atoms with E-state index >= 15 is 0 Å². The minimum absolute atomic E-state index is 0.0116. The molecule has 1 rings (SSSR count). The number of carboxylic acid groups (broad SMARTS) is 1. The number of carbonyl (C=O) groups excluding carboxylic acids is 1. The van der Waals surface area contributed by atoms with Crippen molar-refractivity contribution in [2.75, 3.05) is 0 Å². The molecule has 0 bridgehead atoms. The first-order chi connectivity index (χ1) is 6.93. The fourth-order valence-electron chi connectivity index (χ4n) is 1.88. The summed E-state index contributed by atoms with van der Waals surface area (Å²) in [5.74, 6) is -1.01. The van der Waals surface area contributed by atoms with Gasteiger partial charge in [0.2, 0.25) is 5.91 Å². The molecule has 1 saturated carbocycles. The van der Waals surface area contributed by atoms with Gasteiger partial charge in [-0.25, -0.2) is 0 Å². The molecule has 1 aliphatic carbocycles. The van der Waals surface area contributed by atoms with Crippen LogP contribution in [0.2, 0.25) is 0 Å². The van der Waals surface area contributed by atoms with E-state index in [0.717, 1.165) is 19.3 Å². The standard InChI is InChI=1S/C10H18N2O3/c1-7(11)5-8(13)12-10(3-2-4-10)6-9(14)15/h7H,2-6,11H2,1H3,(H,12,13)(H,14,15). The van der Waals surface area contributed by atoms with Crippen LogP contribution in [-0.2, 0) is 9.59 Å². The quantitative estimate of drug-likeness (QED) is 0.611. The molecule has 0 saturated heterocycles. The van der Waals surface area contributed by atoms with E-state index in [4.69, 9.17) is 10.8 Å². The van der Waals surface area contributed by atoms with Gasteiger partial charge in [0.25, 0.3) is 0 Å². The van der Waals surface area contributed by atoms with Gasteiger partial charge in [-0.05, 0) is 26.2 Å². The molecular formula is C10H18N2O3. The van der Waals surface area contributed by atoms with Gasteiger partial charge in [0.1, 0.15) is 0 Å². The molecule has 86 valence electrons. The molecule has 1 amide bonds. The highest BCUT2D eigenvalue weighted by atomic mass is 16.4. The Labute approximate surface area is 89.0 Å². The van der Waals surface area contributed by atoms with Gasteiger partial charge < -0.3 is 16.2 Å². The van der Waals surface area contributed by atoms with Crippen LogP contribution < -0.4 is 11.1 Å². The summed E-state index contributed by atoms with van der Waals surface area (Å²) >= 11 is 0. The largest absolute Gasteiger partial charge is 0.481 e. The summed E-state index contributed by atoms with van der Waals surface area (Å²) < 4.78 is 0. The first-order valence-electron chi connectivity index (χ1n) is 5.22. The Hall–Kier alpha value is -1.10. The number of nitrogens with one attached hydrogen (secondary N) is 1. The summed E-state index contributed by atoms with van der Waals surface area (Å²) in [7, 11) is 0. The van der Waals surface area contributed by atoms with Gasteiger partial charge in [-0.1, -0.05) is 0 Å². The zero-order chi connectivity index (χ0) is 11.5. The maximum absolute atomic E-state index is 11.5. The van der Waals surface area contributed by atoms with Crippen LogP contribution in [0, 0.1) is 0 Å². The Kier molecular flexibility index (Phi) is 3.68. The van der Waals surface area contributed by atoms with E-state index in [1.54, 1.807) is 6.92 Å². The van der Waals surface area contributed by atoms with E-state index in [1.165, 1.54) is 0 Å². The number of amides is 1. The predicted octanol–water partition coefficient (Wildman–Crippen LogP) is 0.237. The molecule has 0 heterocycles. The maximum Gasteiger partial charge on any atom is 0.305 e. The van der Waals surface area contributed by atoms with Crippen molar-refractivity contribution in [2.45, 2.75) is 50.6 Å². The molecule has 1 fully saturated rings. The fraction of sp³-hybridized carbons (Fsp3) is 0.800. The number of carbonyl (C=O) groups is 2. The minimum atomic E-state index is -0.865. The van der Waals surface area contributed by atoms with E-state index in [-0.39, 0.29) is 24.8 Å². The summed E-state index contributed by atoms with van der Waals surface area (Å²) in [6.07, 6.45) is 2.75. The number of carboxylic acids is 1. The van der Waals surface area contributed by atoms with Crippen molar-refractivity contribution in [1.29, 1.82) is 0 Å². The normalized spacial score (nSPS) is 20.1. The van der Waals surface area contributed by atoms with Crippen LogP contribution in [0.3, 0.4) is 0 Å². The highest BCUT2D eigenvalue weighted by Gasteiger charge is 2.40. The Morgan fingerprint density at radius 2 is 2.13 bits per heavy atom. The monoisotopic (exact) mass is 214 g/mol. The van der Waals surface area contributed by atoms with Crippen molar-refractivity contribution in [2.24, 2.45) is 5.73 Å². The second kappa shape index (κ2) is 4.61. The zero-order valence-electron chi connectivity index (χ0n) is 8.95. The molecule has 0 aromatic carbocycles. The van der Waals surface area contributed by atoms with Crippen LogP contribution in [-0.4, -0.2) is 28.6 Å². The SMILES string of the molecule is CC(N)CC(=O)NC1(CC(=O)O)CCC1. The molecule has 0 aliphatic heterocycles. The van der Waals surface area contributed by atoms with Crippen LogP contribution in [0.5, 0.6) is 0 Å². The summed E-state index contributed by atoms with van der Waals surface area (Å²) in [4.78, 5) is 22.1. The van der Waals surface area contributed by atoms with Gasteiger partial charge in [0.15, 0.2) is 0 Å². The van der Waals surface area contributed by atoms with E-state index in [1.807, 2.05) is 0 Å². The predicted molar refractivity (Wildman–Crippen MR) is 55.2 cm³/mol. The molecule has 0 aromatic heterocycles. The summed E-state index contributed by atoms with van der Waals surface area (Å²) in [6.45, 7) is 1.75. The molecule has 1 aliphatic rings. The first-order valence-corrected chi connectivity index (χ1v) is 5.22. The molecule has 0 spiro atoms. The van der Waals surface area contributed by atoms with Crippen LogP contribution >= 0.6 is 0 Å². The number of nitrogens with two attached hydrogens (primary N) is 1. The number of hydrogen-bond acceptors (Lipinski definition) is 3. The minimum Gasteiger partial charge on any atom is -0.481 e. The van der Waals surface area contributed by atoms with E-state index in [9.17, 15) is 9.59 Å². The molecule has 0 aromatic rings. The highest BCUT2D eigenvalue weighted by molar-refractivity contribution is 5.79. The molecular weight excluding hydrogens is 196 g/mol. The summed E-state index contributed by atoms with van der Waals surface area (Å²) in [5, 5.41) is 11.5. The van der Waals surface area contributed by atoms with Gasteiger partial charge in [0, 0.05) is 12.5 Å².